The molecular weight excluding hydrogens is 404 g/mol. The van der Waals surface area contributed by atoms with Crippen molar-refractivity contribution in [2.45, 2.75) is 116 Å². The van der Waals surface area contributed by atoms with Crippen LogP contribution in [0.3, 0.4) is 0 Å². The van der Waals surface area contributed by atoms with E-state index in [1.54, 1.807) is 0 Å². The van der Waals surface area contributed by atoms with Crippen molar-refractivity contribution in [1.29, 1.82) is 0 Å². The first-order valence-corrected chi connectivity index (χ1v) is 14.4. The van der Waals surface area contributed by atoms with Crippen LogP contribution in [0.2, 0.25) is 0 Å². The fourth-order valence-electron chi connectivity index (χ4n) is 8.24. The summed E-state index contributed by atoms with van der Waals surface area (Å²) >= 11 is 0. The number of piperidine rings is 1. The molecule has 3 aliphatic carbocycles. The lowest BCUT2D eigenvalue weighted by Gasteiger charge is -2.44. The summed E-state index contributed by atoms with van der Waals surface area (Å²) in [5.41, 5.74) is 2.04. The van der Waals surface area contributed by atoms with Crippen LogP contribution in [-0.4, -0.2) is 46.8 Å². The Labute approximate surface area is 203 Å². The van der Waals surface area contributed by atoms with Crippen molar-refractivity contribution in [2.75, 3.05) is 19.6 Å². The first-order valence-electron chi connectivity index (χ1n) is 14.4. The van der Waals surface area contributed by atoms with Gasteiger partial charge in [-0.1, -0.05) is 13.5 Å². The molecule has 0 aromatic heterocycles. The monoisotopic (exact) mass is 454 g/mol. The van der Waals surface area contributed by atoms with E-state index < -0.39 is 0 Å². The second-order valence-corrected chi connectivity index (χ2v) is 13.8. The van der Waals surface area contributed by atoms with Crippen LogP contribution < -0.4 is 0 Å². The van der Waals surface area contributed by atoms with Gasteiger partial charge in [-0.15, -0.1) is 0 Å². The second kappa shape index (κ2) is 8.99. The van der Waals surface area contributed by atoms with Crippen molar-refractivity contribution < 1.29 is 4.79 Å². The van der Waals surface area contributed by atoms with E-state index in [-0.39, 0.29) is 0 Å². The molecule has 0 amide bonds. The van der Waals surface area contributed by atoms with Gasteiger partial charge >= 0.3 is 0 Å². The molecule has 0 spiro atoms. The van der Waals surface area contributed by atoms with Crippen LogP contribution in [0, 0.1) is 35.0 Å². The van der Waals surface area contributed by atoms with Gasteiger partial charge in [-0.05, 0) is 122 Å². The van der Waals surface area contributed by atoms with Gasteiger partial charge in [-0.25, -0.2) is 0 Å². The highest BCUT2D eigenvalue weighted by molar-refractivity contribution is 5.83. The van der Waals surface area contributed by atoms with Gasteiger partial charge in [0.2, 0.25) is 0 Å². The van der Waals surface area contributed by atoms with E-state index in [9.17, 15) is 4.79 Å². The predicted octanol–water partition coefficient (Wildman–Crippen LogP) is 6.68. The lowest BCUT2D eigenvalue weighted by Crippen LogP contribution is -2.47. The third kappa shape index (κ3) is 4.82. The van der Waals surface area contributed by atoms with Gasteiger partial charge < -0.3 is 4.90 Å². The third-order valence-corrected chi connectivity index (χ3v) is 10.8. The predicted molar refractivity (Wildman–Crippen MR) is 137 cm³/mol. The molecule has 5 aliphatic rings. The molecule has 3 nitrogen and oxygen atoms in total. The molecule has 0 bridgehead atoms. The standard InChI is InChI=1S/C30H50N2O/c1-21(30(5)15-16-30)31-17-12-24(13-18-31)28(33)23-8-6-22(7-9-23)25-10-11-27-26(20-25)14-19-32(27)29(2,3)4/h22-27H,1,6-20H2,2-5H3. The van der Waals surface area contributed by atoms with Gasteiger partial charge in [0, 0.05) is 47.6 Å². The summed E-state index contributed by atoms with van der Waals surface area (Å²) in [6, 6.07) is 0.837. The molecule has 3 saturated carbocycles. The Morgan fingerprint density at radius 2 is 1.39 bits per heavy atom. The van der Waals surface area contributed by atoms with Crippen LogP contribution in [0.4, 0.5) is 0 Å². The van der Waals surface area contributed by atoms with Crippen LogP contribution in [0.25, 0.3) is 0 Å². The number of likely N-dealkylation sites (tertiary alicyclic amines) is 2. The Morgan fingerprint density at radius 1 is 0.788 bits per heavy atom. The summed E-state index contributed by atoms with van der Waals surface area (Å²) in [6.45, 7) is 17.3. The van der Waals surface area contributed by atoms with Gasteiger partial charge in [0.15, 0.2) is 0 Å². The number of allylic oxidation sites excluding steroid dienone is 1. The minimum Gasteiger partial charge on any atom is -0.375 e. The number of hydrogen-bond acceptors (Lipinski definition) is 3. The topological polar surface area (TPSA) is 23.6 Å². The van der Waals surface area contributed by atoms with E-state index in [0.29, 0.717) is 28.6 Å². The lowest BCUT2D eigenvalue weighted by atomic mass is 9.66. The van der Waals surface area contributed by atoms with Gasteiger partial charge in [0.25, 0.3) is 0 Å². The minimum atomic E-state index is 0.319. The highest BCUT2D eigenvalue weighted by Gasteiger charge is 2.45. The van der Waals surface area contributed by atoms with E-state index in [0.717, 1.165) is 49.7 Å². The number of ketones is 1. The van der Waals surface area contributed by atoms with Crippen molar-refractivity contribution in [2.24, 2.45) is 35.0 Å². The minimum absolute atomic E-state index is 0.319. The summed E-state index contributed by atoms with van der Waals surface area (Å²) < 4.78 is 0. The molecule has 0 N–H and O–H groups in total. The summed E-state index contributed by atoms with van der Waals surface area (Å²) in [7, 11) is 0. The lowest BCUT2D eigenvalue weighted by molar-refractivity contribution is -0.129. The number of nitrogens with zero attached hydrogens (tertiary/aromatic N) is 2. The van der Waals surface area contributed by atoms with E-state index in [4.69, 9.17) is 0 Å². The van der Waals surface area contributed by atoms with Crippen LogP contribution in [0.1, 0.15) is 105 Å². The number of Topliss-reactive ketones (excluding diaryl/α,β-unsaturated/α-hetero) is 1. The fourth-order valence-corrected chi connectivity index (χ4v) is 8.24. The molecule has 2 saturated heterocycles. The zero-order chi connectivity index (χ0) is 23.4. The van der Waals surface area contributed by atoms with Gasteiger partial charge in [0.05, 0.1) is 0 Å². The first-order chi connectivity index (χ1) is 15.7. The molecule has 33 heavy (non-hydrogen) atoms. The molecule has 3 heteroatoms. The molecule has 0 radical (unpaired) electrons. The molecule has 5 rings (SSSR count). The van der Waals surface area contributed by atoms with E-state index in [1.807, 2.05) is 0 Å². The number of fused-ring (bicyclic) bond motifs is 1. The zero-order valence-electron chi connectivity index (χ0n) is 22.1. The molecule has 3 unspecified atom stereocenters. The highest BCUT2D eigenvalue weighted by atomic mass is 16.1. The fraction of sp³-hybridized carbons (Fsp3) is 0.900. The van der Waals surface area contributed by atoms with E-state index in [2.05, 4.69) is 44.1 Å². The van der Waals surface area contributed by atoms with Crippen molar-refractivity contribution in [3.05, 3.63) is 12.3 Å². The van der Waals surface area contributed by atoms with Gasteiger partial charge in [-0.3, -0.25) is 9.69 Å². The number of rotatable bonds is 5. The maximum atomic E-state index is 13.4. The summed E-state index contributed by atoms with van der Waals surface area (Å²) in [4.78, 5) is 18.6. The third-order valence-electron chi connectivity index (χ3n) is 10.8. The zero-order valence-corrected chi connectivity index (χ0v) is 22.1. The molecule has 186 valence electrons. The molecule has 2 heterocycles. The smallest absolute Gasteiger partial charge is 0.139 e. The molecule has 5 fully saturated rings. The maximum absolute atomic E-state index is 13.4. The highest BCUT2D eigenvalue weighted by Crippen LogP contribution is 2.52. The number of hydrogen-bond donors (Lipinski definition) is 0. The Hall–Kier alpha value is -0.830. The second-order valence-electron chi connectivity index (χ2n) is 13.8. The largest absolute Gasteiger partial charge is 0.375 e. The van der Waals surface area contributed by atoms with E-state index >= 15 is 0 Å². The summed E-state index contributed by atoms with van der Waals surface area (Å²) in [5, 5.41) is 0. The summed E-state index contributed by atoms with van der Waals surface area (Å²) in [5.74, 6) is 4.06. The Kier molecular flexibility index (Phi) is 6.51. The number of carbonyl (C=O) groups is 1. The molecule has 2 aliphatic heterocycles. The molecule has 0 aromatic carbocycles. The molecular formula is C30H50N2O. The molecule has 0 aromatic rings. The van der Waals surface area contributed by atoms with Gasteiger partial charge in [-0.2, -0.15) is 0 Å². The summed E-state index contributed by atoms with van der Waals surface area (Å²) in [6.07, 6.45) is 15.4. The number of carbonyl (C=O) groups excluding carboxylic acids is 1. The van der Waals surface area contributed by atoms with E-state index in [1.165, 1.54) is 76.5 Å². The maximum Gasteiger partial charge on any atom is 0.139 e. The van der Waals surface area contributed by atoms with Crippen molar-refractivity contribution >= 4 is 5.78 Å². The van der Waals surface area contributed by atoms with Crippen molar-refractivity contribution in [1.82, 2.24) is 9.80 Å². The van der Waals surface area contributed by atoms with Crippen molar-refractivity contribution in [3.8, 4) is 0 Å². The Bertz CT molecular complexity index is 731. The van der Waals surface area contributed by atoms with Gasteiger partial charge in [0.1, 0.15) is 5.78 Å². The Balaban J connectivity index is 1.07. The van der Waals surface area contributed by atoms with Crippen LogP contribution in [0.15, 0.2) is 12.3 Å². The average molecular weight is 455 g/mol. The van der Waals surface area contributed by atoms with Crippen LogP contribution >= 0.6 is 0 Å². The normalized spacial score (nSPS) is 37.6. The first kappa shape index (κ1) is 23.9. The Morgan fingerprint density at radius 3 is 2.00 bits per heavy atom. The quantitative estimate of drug-likeness (QED) is 0.463. The van der Waals surface area contributed by atoms with Crippen LogP contribution in [-0.2, 0) is 4.79 Å². The van der Waals surface area contributed by atoms with Crippen LogP contribution in [0.5, 0.6) is 0 Å². The average Bonchev–Trinajstić information content (AvgIpc) is 3.41. The molecule has 3 atom stereocenters. The SMILES string of the molecule is C=C(N1CCC(C(=O)C2CCC(C3CCC4C(CCN4C(C)(C)C)C3)CC2)CC1)C1(C)CC1. The van der Waals surface area contributed by atoms with Crippen molar-refractivity contribution in [3.63, 3.8) is 0 Å².